The molecule has 31 heavy (non-hydrogen) atoms. The lowest BCUT2D eigenvalue weighted by molar-refractivity contribution is -0.0195. The molecular weight excluding hydrogens is 390 g/mol. The Hall–Kier alpha value is -2.93. The lowest BCUT2D eigenvalue weighted by Gasteiger charge is -2.46. The van der Waals surface area contributed by atoms with Crippen molar-refractivity contribution in [3.63, 3.8) is 0 Å². The van der Waals surface area contributed by atoms with Crippen molar-refractivity contribution >= 4 is 11.6 Å². The molecule has 3 aromatic rings. The molecule has 1 spiro atoms. The predicted octanol–water partition coefficient (Wildman–Crippen LogP) is 3.37. The molecule has 1 fully saturated rings. The first-order valence-corrected chi connectivity index (χ1v) is 11.0. The van der Waals surface area contributed by atoms with Crippen molar-refractivity contribution in [1.82, 2.24) is 24.8 Å². The molecule has 7 nitrogen and oxygen atoms in total. The van der Waals surface area contributed by atoms with E-state index in [4.69, 9.17) is 4.74 Å². The van der Waals surface area contributed by atoms with Gasteiger partial charge in [0.05, 0.1) is 11.7 Å². The molecule has 1 unspecified atom stereocenters. The van der Waals surface area contributed by atoms with Gasteiger partial charge in [0.1, 0.15) is 16.9 Å². The Labute approximate surface area is 182 Å². The zero-order valence-corrected chi connectivity index (χ0v) is 18.6. The minimum absolute atomic E-state index is 0.110. The van der Waals surface area contributed by atoms with Gasteiger partial charge in [0.2, 0.25) is 0 Å². The van der Waals surface area contributed by atoms with Crippen LogP contribution in [0.15, 0.2) is 30.3 Å². The summed E-state index contributed by atoms with van der Waals surface area (Å²) < 4.78 is 8.29. The van der Waals surface area contributed by atoms with Crippen molar-refractivity contribution in [2.75, 3.05) is 20.1 Å². The highest BCUT2D eigenvalue weighted by atomic mass is 16.5. The van der Waals surface area contributed by atoms with E-state index >= 15 is 0 Å². The molecule has 0 radical (unpaired) electrons. The molecule has 5 rings (SSSR count). The molecule has 1 amide bonds. The van der Waals surface area contributed by atoms with Crippen molar-refractivity contribution in [1.29, 1.82) is 0 Å². The van der Waals surface area contributed by atoms with Crippen LogP contribution in [0.1, 0.15) is 58.3 Å². The third-order valence-electron chi connectivity index (χ3n) is 6.70. The quantitative estimate of drug-likeness (QED) is 0.690. The third-order valence-corrected chi connectivity index (χ3v) is 6.70. The third kappa shape index (κ3) is 3.47. The number of rotatable bonds is 2. The van der Waals surface area contributed by atoms with Crippen molar-refractivity contribution in [2.24, 2.45) is 0 Å². The average molecular weight is 420 g/mol. The Kier molecular flexibility index (Phi) is 4.73. The summed E-state index contributed by atoms with van der Waals surface area (Å²) in [5.74, 6) is 0.750. The van der Waals surface area contributed by atoms with Gasteiger partial charge in [-0.2, -0.15) is 5.10 Å². The highest BCUT2D eigenvalue weighted by molar-refractivity contribution is 6.01. The normalized spacial score (nSPS) is 20.5. The molecule has 1 saturated heterocycles. The molecular formula is C24H29N5O2. The topological polar surface area (TPSA) is 71.8 Å². The van der Waals surface area contributed by atoms with Gasteiger partial charge >= 0.3 is 0 Å². The van der Waals surface area contributed by atoms with Gasteiger partial charge in [-0.25, -0.2) is 9.50 Å². The Balaban J connectivity index is 1.50. The van der Waals surface area contributed by atoms with Crippen LogP contribution in [0.3, 0.4) is 0 Å². The molecule has 0 bridgehead atoms. The first kappa shape index (κ1) is 20.0. The number of benzene rings is 1. The number of hydrogen-bond acceptors (Lipinski definition) is 5. The molecule has 1 N–H and O–H groups in total. The van der Waals surface area contributed by atoms with Gasteiger partial charge in [0.25, 0.3) is 5.91 Å². The smallest absolute Gasteiger partial charge is 0.257 e. The summed E-state index contributed by atoms with van der Waals surface area (Å²) in [5, 5.41) is 7.87. The van der Waals surface area contributed by atoms with Crippen LogP contribution in [-0.2, 0) is 0 Å². The van der Waals surface area contributed by atoms with Crippen LogP contribution in [-0.4, -0.2) is 51.1 Å². The minimum Gasteiger partial charge on any atom is -0.487 e. The summed E-state index contributed by atoms with van der Waals surface area (Å²) in [5.41, 5.74) is 4.49. The minimum atomic E-state index is -0.236. The first-order valence-electron chi connectivity index (χ1n) is 11.0. The molecule has 0 saturated carbocycles. The summed E-state index contributed by atoms with van der Waals surface area (Å²) in [6, 6.07) is 9.93. The molecule has 2 aromatic heterocycles. The van der Waals surface area contributed by atoms with Gasteiger partial charge in [-0.1, -0.05) is 18.2 Å². The Morgan fingerprint density at radius 1 is 1.19 bits per heavy atom. The van der Waals surface area contributed by atoms with Crippen molar-refractivity contribution < 1.29 is 9.53 Å². The predicted molar refractivity (Wildman–Crippen MR) is 119 cm³/mol. The summed E-state index contributed by atoms with van der Waals surface area (Å²) >= 11 is 0. The van der Waals surface area contributed by atoms with E-state index in [9.17, 15) is 4.79 Å². The standard InChI is InChI=1S/C24H29N5O2/c1-15-13-16(2)29-22(25-15)21(17(3)27-29)23(30)26-19-14-24(9-11-28(4)12-10-24)31-20-8-6-5-7-18(19)20/h5-8,13,19H,9-12,14H2,1-4H3,(H,26,30). The number of likely N-dealkylation sites (tertiary alicyclic amines) is 1. The number of amides is 1. The Bertz CT molecular complexity index is 1160. The van der Waals surface area contributed by atoms with Crippen LogP contribution < -0.4 is 10.1 Å². The number of carbonyl (C=O) groups is 1. The molecule has 1 atom stereocenters. The van der Waals surface area contributed by atoms with E-state index in [-0.39, 0.29) is 17.6 Å². The zero-order chi connectivity index (χ0) is 21.8. The van der Waals surface area contributed by atoms with E-state index in [1.165, 1.54) is 0 Å². The van der Waals surface area contributed by atoms with Gasteiger partial charge in [0, 0.05) is 36.5 Å². The number of para-hydroxylation sites is 1. The summed E-state index contributed by atoms with van der Waals surface area (Å²) in [6.07, 6.45) is 2.69. The number of piperidine rings is 1. The Morgan fingerprint density at radius 3 is 2.71 bits per heavy atom. The number of hydrogen-bond donors (Lipinski definition) is 1. The number of aryl methyl sites for hydroxylation is 3. The summed E-state index contributed by atoms with van der Waals surface area (Å²) in [6.45, 7) is 7.79. The van der Waals surface area contributed by atoms with Crippen LogP contribution in [0, 0.1) is 20.8 Å². The highest BCUT2D eigenvalue weighted by Gasteiger charge is 2.43. The van der Waals surface area contributed by atoms with Gasteiger partial charge in [0.15, 0.2) is 5.65 Å². The molecule has 7 heteroatoms. The van der Waals surface area contributed by atoms with Crippen molar-refractivity contribution in [2.45, 2.75) is 51.7 Å². The first-order chi connectivity index (χ1) is 14.8. The number of aromatic nitrogens is 3. The number of nitrogens with one attached hydrogen (secondary N) is 1. The van der Waals surface area contributed by atoms with E-state index in [1.54, 1.807) is 4.52 Å². The summed E-state index contributed by atoms with van der Waals surface area (Å²) in [4.78, 5) is 20.5. The zero-order valence-electron chi connectivity index (χ0n) is 18.6. The van der Waals surface area contributed by atoms with Crippen molar-refractivity contribution in [3.8, 4) is 5.75 Å². The summed E-state index contributed by atoms with van der Waals surface area (Å²) in [7, 11) is 2.15. The molecule has 4 heterocycles. The van der Waals surface area contributed by atoms with E-state index < -0.39 is 0 Å². The number of ether oxygens (including phenoxy) is 1. The monoisotopic (exact) mass is 419 g/mol. The number of nitrogens with zero attached hydrogens (tertiary/aromatic N) is 4. The number of carbonyl (C=O) groups excluding carboxylic acids is 1. The Morgan fingerprint density at radius 2 is 1.94 bits per heavy atom. The van der Waals surface area contributed by atoms with E-state index in [2.05, 4.69) is 33.4 Å². The maximum Gasteiger partial charge on any atom is 0.257 e. The van der Waals surface area contributed by atoms with Gasteiger partial charge < -0.3 is 15.0 Å². The van der Waals surface area contributed by atoms with E-state index in [0.29, 0.717) is 16.9 Å². The van der Waals surface area contributed by atoms with Crippen LogP contribution in [0.4, 0.5) is 0 Å². The number of fused-ring (bicyclic) bond motifs is 2. The van der Waals surface area contributed by atoms with Crippen LogP contribution in [0.25, 0.3) is 5.65 Å². The average Bonchev–Trinajstić information content (AvgIpc) is 3.07. The fourth-order valence-corrected chi connectivity index (χ4v) is 5.00. The molecule has 2 aliphatic heterocycles. The maximum absolute atomic E-state index is 13.5. The van der Waals surface area contributed by atoms with Gasteiger partial charge in [-0.15, -0.1) is 0 Å². The van der Waals surface area contributed by atoms with Crippen LogP contribution in [0.2, 0.25) is 0 Å². The molecule has 2 aliphatic rings. The molecule has 162 valence electrons. The fourth-order valence-electron chi connectivity index (χ4n) is 5.00. The second kappa shape index (κ2) is 7.34. The lowest BCUT2D eigenvalue weighted by atomic mass is 9.80. The highest BCUT2D eigenvalue weighted by Crippen LogP contribution is 2.44. The van der Waals surface area contributed by atoms with Crippen LogP contribution in [0.5, 0.6) is 5.75 Å². The van der Waals surface area contributed by atoms with E-state index in [0.717, 1.165) is 55.1 Å². The van der Waals surface area contributed by atoms with Gasteiger partial charge in [-0.05, 0) is 52.8 Å². The molecule has 0 aliphatic carbocycles. The largest absolute Gasteiger partial charge is 0.487 e. The van der Waals surface area contributed by atoms with Crippen molar-refractivity contribution in [3.05, 3.63) is 58.5 Å². The second-order valence-corrected chi connectivity index (χ2v) is 9.09. The maximum atomic E-state index is 13.5. The van der Waals surface area contributed by atoms with E-state index in [1.807, 2.05) is 45.0 Å². The second-order valence-electron chi connectivity index (χ2n) is 9.09. The van der Waals surface area contributed by atoms with Gasteiger partial charge in [-0.3, -0.25) is 4.79 Å². The SMILES string of the molecule is Cc1cc(C)n2nc(C)c(C(=O)NC3CC4(CCN(C)CC4)Oc4ccccc43)c2n1. The fraction of sp³-hybridized carbons (Fsp3) is 0.458. The van der Waals surface area contributed by atoms with Crippen LogP contribution >= 0.6 is 0 Å². The lowest BCUT2D eigenvalue weighted by Crippen LogP contribution is -2.51. The molecule has 1 aromatic carbocycles.